The maximum Gasteiger partial charge on any atom is 0.350 e. The van der Waals surface area contributed by atoms with E-state index in [0.717, 1.165) is 11.3 Å². The van der Waals surface area contributed by atoms with E-state index < -0.39 is 5.97 Å². The smallest absolute Gasteiger partial charge is 0.350 e. The molecule has 0 atom stereocenters. The first-order chi connectivity index (χ1) is 10.1. The molecule has 0 aliphatic rings. The highest BCUT2D eigenvalue weighted by molar-refractivity contribution is 7.97. The van der Waals surface area contributed by atoms with E-state index >= 15 is 0 Å². The minimum atomic E-state index is -0.467. The van der Waals surface area contributed by atoms with E-state index in [1.54, 1.807) is 29.3 Å². The van der Waals surface area contributed by atoms with Crippen LogP contribution in [0.1, 0.15) is 31.6 Å². The van der Waals surface area contributed by atoms with Crippen LogP contribution in [-0.4, -0.2) is 25.2 Å². The summed E-state index contributed by atoms with van der Waals surface area (Å²) in [4.78, 5) is 24.2. The van der Waals surface area contributed by atoms with Crippen molar-refractivity contribution in [1.29, 1.82) is 0 Å². The van der Waals surface area contributed by atoms with Gasteiger partial charge in [0.2, 0.25) is 0 Å². The van der Waals surface area contributed by atoms with Crippen LogP contribution in [0.4, 0.5) is 5.69 Å². The largest absolute Gasteiger partial charge is 0.465 e. The lowest BCUT2D eigenvalue weighted by Crippen LogP contribution is -2.14. The predicted octanol–water partition coefficient (Wildman–Crippen LogP) is 3.55. The van der Waals surface area contributed by atoms with Gasteiger partial charge in [-0.15, -0.1) is 11.3 Å². The van der Waals surface area contributed by atoms with Crippen LogP contribution >= 0.6 is 23.1 Å². The fourth-order valence-electron chi connectivity index (χ4n) is 1.74. The van der Waals surface area contributed by atoms with Crippen molar-refractivity contribution in [2.24, 2.45) is 0 Å². The van der Waals surface area contributed by atoms with Gasteiger partial charge in [0.05, 0.1) is 18.6 Å². The Morgan fingerprint density at radius 3 is 2.86 bits per heavy atom. The number of rotatable bonds is 5. The number of hydrogen-bond acceptors (Lipinski definition) is 6. The molecule has 0 saturated heterocycles. The maximum atomic E-state index is 12.2. The third-order valence-electron chi connectivity index (χ3n) is 2.76. The number of nitrogens with one attached hydrogen (secondary N) is 1. The SMILES string of the molecule is COC(=O)c1scc(C)c1NC(=O)c1ccc(CSC)o1. The molecule has 112 valence electrons. The number of hydrogen-bond donors (Lipinski definition) is 1. The molecule has 2 heterocycles. The zero-order valence-corrected chi connectivity index (χ0v) is 13.5. The topological polar surface area (TPSA) is 68.5 Å². The second-order valence-electron chi connectivity index (χ2n) is 4.27. The second kappa shape index (κ2) is 6.82. The Hall–Kier alpha value is -1.73. The summed E-state index contributed by atoms with van der Waals surface area (Å²) in [7, 11) is 1.31. The highest BCUT2D eigenvalue weighted by Crippen LogP contribution is 2.29. The van der Waals surface area contributed by atoms with Crippen molar-refractivity contribution < 1.29 is 18.7 Å². The van der Waals surface area contributed by atoms with Gasteiger partial charge in [-0.3, -0.25) is 4.79 Å². The van der Waals surface area contributed by atoms with Gasteiger partial charge in [0.1, 0.15) is 10.6 Å². The Bertz CT molecular complexity index is 660. The number of thioether (sulfide) groups is 1. The Kier molecular flexibility index (Phi) is 5.08. The van der Waals surface area contributed by atoms with Gasteiger partial charge in [0.25, 0.3) is 5.91 Å². The van der Waals surface area contributed by atoms with E-state index in [0.29, 0.717) is 16.3 Å². The predicted molar refractivity (Wildman–Crippen MR) is 84.3 cm³/mol. The summed E-state index contributed by atoms with van der Waals surface area (Å²) in [6.45, 7) is 1.82. The molecule has 0 saturated carbocycles. The average molecular weight is 325 g/mol. The molecule has 0 aromatic carbocycles. The standard InChI is InChI=1S/C14H15NO4S2/c1-8-6-21-12(14(17)18-2)11(8)15-13(16)10-5-4-9(19-10)7-20-3/h4-6H,7H2,1-3H3,(H,15,16). The molecule has 2 aromatic heterocycles. The van der Waals surface area contributed by atoms with Crippen molar-refractivity contribution in [3.8, 4) is 0 Å². The molecule has 0 bridgehead atoms. The summed E-state index contributed by atoms with van der Waals surface area (Å²) >= 11 is 2.85. The molecule has 2 aromatic rings. The molecule has 21 heavy (non-hydrogen) atoms. The number of carbonyl (C=O) groups excluding carboxylic acids is 2. The molecule has 0 aliphatic heterocycles. The number of amides is 1. The van der Waals surface area contributed by atoms with Gasteiger partial charge in [-0.05, 0) is 36.3 Å². The molecule has 0 fully saturated rings. The number of furan rings is 1. The third kappa shape index (κ3) is 3.48. The van der Waals surface area contributed by atoms with Crippen molar-refractivity contribution in [3.05, 3.63) is 39.5 Å². The Labute approximate surface area is 130 Å². The van der Waals surface area contributed by atoms with Crippen LogP contribution in [0, 0.1) is 6.92 Å². The lowest BCUT2D eigenvalue weighted by Gasteiger charge is -2.05. The van der Waals surface area contributed by atoms with Gasteiger partial charge in [-0.2, -0.15) is 11.8 Å². The fourth-order valence-corrected chi connectivity index (χ4v) is 3.10. The number of aryl methyl sites for hydroxylation is 1. The van der Waals surface area contributed by atoms with Gasteiger partial charge < -0.3 is 14.5 Å². The molecular weight excluding hydrogens is 310 g/mol. The summed E-state index contributed by atoms with van der Waals surface area (Å²) in [6, 6.07) is 3.40. The number of thiophene rings is 1. The number of ether oxygens (including phenoxy) is 1. The molecule has 1 amide bonds. The number of carbonyl (C=O) groups is 2. The summed E-state index contributed by atoms with van der Waals surface area (Å²) in [5.74, 6) is 0.821. The summed E-state index contributed by atoms with van der Waals surface area (Å²) in [5, 5.41) is 4.51. The molecule has 7 heteroatoms. The van der Waals surface area contributed by atoms with Gasteiger partial charge in [-0.1, -0.05) is 0 Å². The first-order valence-corrected chi connectivity index (χ1v) is 8.39. The van der Waals surface area contributed by atoms with Crippen molar-refractivity contribution in [1.82, 2.24) is 0 Å². The van der Waals surface area contributed by atoms with Gasteiger partial charge in [0.15, 0.2) is 5.76 Å². The first kappa shape index (κ1) is 15.7. The maximum absolute atomic E-state index is 12.2. The van der Waals surface area contributed by atoms with E-state index in [4.69, 9.17) is 9.15 Å². The quantitative estimate of drug-likeness (QED) is 0.851. The zero-order valence-electron chi connectivity index (χ0n) is 11.9. The van der Waals surface area contributed by atoms with Gasteiger partial charge >= 0.3 is 5.97 Å². The molecule has 0 unspecified atom stereocenters. The molecule has 5 nitrogen and oxygen atoms in total. The van der Waals surface area contributed by atoms with Gasteiger partial charge in [0, 0.05) is 0 Å². The number of methoxy groups -OCH3 is 1. The molecule has 0 radical (unpaired) electrons. The molecule has 2 rings (SSSR count). The van der Waals surface area contributed by atoms with Crippen molar-refractivity contribution >= 4 is 40.7 Å². The highest BCUT2D eigenvalue weighted by atomic mass is 32.2. The summed E-state index contributed by atoms with van der Waals surface area (Å²) in [6.07, 6.45) is 1.96. The average Bonchev–Trinajstić information content (AvgIpc) is 3.07. The van der Waals surface area contributed by atoms with Crippen LogP contribution in [-0.2, 0) is 10.5 Å². The lowest BCUT2D eigenvalue weighted by atomic mass is 10.2. The van der Waals surface area contributed by atoms with Gasteiger partial charge in [-0.25, -0.2) is 4.79 Å². The van der Waals surface area contributed by atoms with Crippen LogP contribution in [0.3, 0.4) is 0 Å². The minimum absolute atomic E-state index is 0.223. The molecule has 0 aliphatic carbocycles. The Morgan fingerprint density at radius 1 is 1.43 bits per heavy atom. The van der Waals surface area contributed by atoms with E-state index in [-0.39, 0.29) is 11.7 Å². The Balaban J connectivity index is 2.19. The van der Waals surface area contributed by atoms with Crippen LogP contribution in [0.15, 0.2) is 21.9 Å². The zero-order chi connectivity index (χ0) is 15.4. The summed E-state index contributed by atoms with van der Waals surface area (Å²) < 4.78 is 10.2. The Morgan fingerprint density at radius 2 is 2.19 bits per heavy atom. The monoisotopic (exact) mass is 325 g/mol. The summed E-state index contributed by atoms with van der Waals surface area (Å²) in [5.41, 5.74) is 1.28. The second-order valence-corrected chi connectivity index (χ2v) is 6.01. The minimum Gasteiger partial charge on any atom is -0.465 e. The molecule has 0 spiro atoms. The highest BCUT2D eigenvalue weighted by Gasteiger charge is 2.20. The molecular formula is C14H15NO4S2. The van der Waals surface area contributed by atoms with E-state index in [2.05, 4.69) is 5.32 Å². The van der Waals surface area contributed by atoms with Crippen molar-refractivity contribution in [3.63, 3.8) is 0 Å². The van der Waals surface area contributed by atoms with E-state index in [1.165, 1.54) is 18.4 Å². The normalized spacial score (nSPS) is 10.4. The fraction of sp³-hybridized carbons (Fsp3) is 0.286. The van der Waals surface area contributed by atoms with Crippen molar-refractivity contribution in [2.75, 3.05) is 18.7 Å². The lowest BCUT2D eigenvalue weighted by molar-refractivity contribution is 0.0607. The third-order valence-corrected chi connectivity index (χ3v) is 4.41. The van der Waals surface area contributed by atoms with E-state index in [9.17, 15) is 9.59 Å². The van der Waals surface area contributed by atoms with Crippen LogP contribution in [0.5, 0.6) is 0 Å². The number of anilines is 1. The van der Waals surface area contributed by atoms with Crippen LogP contribution < -0.4 is 5.32 Å². The van der Waals surface area contributed by atoms with E-state index in [1.807, 2.05) is 13.2 Å². The van der Waals surface area contributed by atoms with Crippen molar-refractivity contribution in [2.45, 2.75) is 12.7 Å². The van der Waals surface area contributed by atoms with Crippen LogP contribution in [0.2, 0.25) is 0 Å². The first-order valence-electron chi connectivity index (χ1n) is 6.12. The molecule has 1 N–H and O–H groups in total. The number of esters is 1. The van der Waals surface area contributed by atoms with Crippen LogP contribution in [0.25, 0.3) is 0 Å².